The standard InChI is InChI=1S/C58H112O6/c1-6-7-8-9-10-11-12-13-14-15-18-24-30-35-40-45-50-58(61)64-55(52-63-57(60)49-44-39-34-29-25-20-22-27-32-37-42-47-54(4)5)51-62-56(59)48-43-38-33-28-23-19-16-17-21-26-31-36-41-46-53(2)3/h53-55H,6-52H2,1-5H3/t55-/m1/s1. The molecule has 0 amide bonds. The molecule has 0 N–H and O–H groups in total. The zero-order valence-electron chi connectivity index (χ0n) is 43.9. The average Bonchev–Trinajstić information content (AvgIpc) is 3.27. The van der Waals surface area contributed by atoms with Crippen molar-refractivity contribution in [2.24, 2.45) is 11.8 Å². The molecule has 1 atom stereocenters. The maximum absolute atomic E-state index is 12.8. The van der Waals surface area contributed by atoms with Crippen molar-refractivity contribution in [1.29, 1.82) is 0 Å². The summed E-state index contributed by atoms with van der Waals surface area (Å²) in [7, 11) is 0. The first kappa shape index (κ1) is 62.4. The Kier molecular flexibility index (Phi) is 49.6. The minimum atomic E-state index is -0.762. The van der Waals surface area contributed by atoms with E-state index >= 15 is 0 Å². The molecule has 0 aromatic rings. The first-order valence-corrected chi connectivity index (χ1v) is 28.7. The van der Waals surface area contributed by atoms with Gasteiger partial charge < -0.3 is 14.2 Å². The van der Waals surface area contributed by atoms with Crippen molar-refractivity contribution in [2.45, 2.75) is 330 Å². The molecular formula is C58H112O6. The average molecular weight is 906 g/mol. The molecule has 0 aliphatic rings. The lowest BCUT2D eigenvalue weighted by Gasteiger charge is -2.18. The predicted octanol–water partition coefficient (Wildman–Crippen LogP) is 18.9. The minimum Gasteiger partial charge on any atom is -0.462 e. The van der Waals surface area contributed by atoms with Gasteiger partial charge in [-0.15, -0.1) is 0 Å². The van der Waals surface area contributed by atoms with Crippen molar-refractivity contribution in [2.75, 3.05) is 13.2 Å². The summed E-state index contributed by atoms with van der Waals surface area (Å²) in [5.41, 5.74) is 0. The molecule has 6 nitrogen and oxygen atoms in total. The van der Waals surface area contributed by atoms with Gasteiger partial charge in [-0.25, -0.2) is 0 Å². The number of esters is 3. The van der Waals surface area contributed by atoms with Gasteiger partial charge in [0.2, 0.25) is 0 Å². The number of ether oxygens (including phenoxy) is 3. The highest BCUT2D eigenvalue weighted by Crippen LogP contribution is 2.18. The van der Waals surface area contributed by atoms with E-state index in [1.165, 1.54) is 212 Å². The van der Waals surface area contributed by atoms with Crippen LogP contribution in [0.4, 0.5) is 0 Å². The van der Waals surface area contributed by atoms with Crippen LogP contribution in [0.3, 0.4) is 0 Å². The number of hydrogen-bond acceptors (Lipinski definition) is 6. The Morgan fingerprint density at radius 1 is 0.297 bits per heavy atom. The van der Waals surface area contributed by atoms with Crippen LogP contribution in [0.2, 0.25) is 0 Å². The quantitative estimate of drug-likeness (QED) is 0.0344. The molecule has 64 heavy (non-hydrogen) atoms. The molecule has 0 spiro atoms. The van der Waals surface area contributed by atoms with E-state index in [-0.39, 0.29) is 31.1 Å². The van der Waals surface area contributed by atoms with E-state index in [1.54, 1.807) is 0 Å². The number of carbonyl (C=O) groups excluding carboxylic acids is 3. The third-order valence-corrected chi connectivity index (χ3v) is 13.2. The van der Waals surface area contributed by atoms with Gasteiger partial charge >= 0.3 is 17.9 Å². The Bertz CT molecular complexity index is 978. The van der Waals surface area contributed by atoms with E-state index < -0.39 is 6.10 Å². The van der Waals surface area contributed by atoms with Crippen molar-refractivity contribution in [3.63, 3.8) is 0 Å². The van der Waals surface area contributed by atoms with Crippen LogP contribution < -0.4 is 0 Å². The highest BCUT2D eigenvalue weighted by atomic mass is 16.6. The van der Waals surface area contributed by atoms with Crippen LogP contribution in [0.25, 0.3) is 0 Å². The molecule has 0 bridgehead atoms. The van der Waals surface area contributed by atoms with Gasteiger partial charge in [0.1, 0.15) is 13.2 Å². The highest BCUT2D eigenvalue weighted by molar-refractivity contribution is 5.71. The maximum Gasteiger partial charge on any atom is 0.306 e. The molecule has 0 aliphatic heterocycles. The lowest BCUT2D eigenvalue weighted by Crippen LogP contribution is -2.30. The number of hydrogen-bond donors (Lipinski definition) is 0. The number of unbranched alkanes of at least 4 members (excludes halogenated alkanes) is 37. The van der Waals surface area contributed by atoms with Gasteiger partial charge in [0, 0.05) is 19.3 Å². The molecular weight excluding hydrogens is 793 g/mol. The van der Waals surface area contributed by atoms with Crippen LogP contribution in [-0.4, -0.2) is 37.2 Å². The third kappa shape index (κ3) is 51.4. The van der Waals surface area contributed by atoms with Gasteiger partial charge in [0.05, 0.1) is 0 Å². The lowest BCUT2D eigenvalue weighted by atomic mass is 10.0. The SMILES string of the molecule is CCCCCCCCCCCCCCCCCCC(=O)O[C@H](COC(=O)CCCCCCCCCCCCCCCC(C)C)COC(=O)CCCCCCCCCCCCCC(C)C. The summed E-state index contributed by atoms with van der Waals surface area (Å²) < 4.78 is 16.9. The Balaban J connectivity index is 4.30. The second kappa shape index (κ2) is 50.8. The van der Waals surface area contributed by atoms with E-state index in [0.29, 0.717) is 19.3 Å². The fourth-order valence-electron chi connectivity index (χ4n) is 8.87. The minimum absolute atomic E-state index is 0.0628. The fraction of sp³-hybridized carbons (Fsp3) is 0.948. The highest BCUT2D eigenvalue weighted by Gasteiger charge is 2.19. The van der Waals surface area contributed by atoms with Gasteiger partial charge in [0.25, 0.3) is 0 Å². The summed E-state index contributed by atoms with van der Waals surface area (Å²) in [5.74, 6) is 0.827. The Morgan fingerprint density at radius 2 is 0.516 bits per heavy atom. The van der Waals surface area contributed by atoms with E-state index in [0.717, 1.165) is 69.6 Å². The zero-order valence-corrected chi connectivity index (χ0v) is 43.9. The predicted molar refractivity (Wildman–Crippen MR) is 275 cm³/mol. The molecule has 0 heterocycles. The van der Waals surface area contributed by atoms with Crippen LogP contribution in [0.5, 0.6) is 0 Å². The monoisotopic (exact) mass is 905 g/mol. The normalized spacial score (nSPS) is 12.0. The first-order chi connectivity index (χ1) is 31.2. The second-order valence-electron chi connectivity index (χ2n) is 20.9. The Hall–Kier alpha value is -1.59. The van der Waals surface area contributed by atoms with E-state index in [4.69, 9.17) is 14.2 Å². The summed E-state index contributed by atoms with van der Waals surface area (Å²) >= 11 is 0. The third-order valence-electron chi connectivity index (χ3n) is 13.2. The van der Waals surface area contributed by atoms with E-state index in [2.05, 4.69) is 34.6 Å². The molecule has 0 unspecified atom stereocenters. The number of carbonyl (C=O) groups is 3. The van der Waals surface area contributed by atoms with Crippen molar-refractivity contribution in [1.82, 2.24) is 0 Å². The molecule has 0 saturated heterocycles. The Morgan fingerprint density at radius 3 is 0.766 bits per heavy atom. The summed E-state index contributed by atoms with van der Waals surface area (Å²) in [6, 6.07) is 0. The second-order valence-corrected chi connectivity index (χ2v) is 20.9. The molecule has 380 valence electrons. The smallest absolute Gasteiger partial charge is 0.306 e. The Labute approximate surface area is 399 Å². The van der Waals surface area contributed by atoms with E-state index in [1.807, 2.05) is 0 Å². The first-order valence-electron chi connectivity index (χ1n) is 28.7. The molecule has 6 heteroatoms. The molecule has 0 rings (SSSR count). The van der Waals surface area contributed by atoms with Gasteiger partial charge in [-0.2, -0.15) is 0 Å². The molecule has 0 aromatic heterocycles. The molecule has 0 radical (unpaired) electrons. The van der Waals surface area contributed by atoms with Crippen LogP contribution in [0.1, 0.15) is 324 Å². The summed E-state index contributed by atoms with van der Waals surface area (Å²) in [4.78, 5) is 38.1. The van der Waals surface area contributed by atoms with Crippen molar-refractivity contribution in [3.05, 3.63) is 0 Å². The molecule has 0 saturated carbocycles. The van der Waals surface area contributed by atoms with E-state index in [9.17, 15) is 14.4 Å². The summed E-state index contributed by atoms with van der Waals surface area (Å²) in [6.07, 6.45) is 53.8. The van der Waals surface area contributed by atoms with Crippen LogP contribution in [0.15, 0.2) is 0 Å². The molecule has 0 aromatic carbocycles. The largest absolute Gasteiger partial charge is 0.462 e. The van der Waals surface area contributed by atoms with Gasteiger partial charge in [-0.05, 0) is 31.1 Å². The summed E-state index contributed by atoms with van der Waals surface area (Å²) in [5, 5.41) is 0. The van der Waals surface area contributed by atoms with Gasteiger partial charge in [0.15, 0.2) is 6.10 Å². The summed E-state index contributed by atoms with van der Waals surface area (Å²) in [6.45, 7) is 11.4. The van der Waals surface area contributed by atoms with Gasteiger partial charge in [-0.3, -0.25) is 14.4 Å². The lowest BCUT2D eigenvalue weighted by molar-refractivity contribution is -0.167. The molecule has 0 aliphatic carbocycles. The van der Waals surface area contributed by atoms with Crippen LogP contribution >= 0.6 is 0 Å². The fourth-order valence-corrected chi connectivity index (χ4v) is 8.87. The molecule has 0 fully saturated rings. The van der Waals surface area contributed by atoms with Crippen LogP contribution in [-0.2, 0) is 28.6 Å². The zero-order chi connectivity index (χ0) is 46.8. The van der Waals surface area contributed by atoms with Crippen molar-refractivity contribution < 1.29 is 28.6 Å². The van der Waals surface area contributed by atoms with Crippen molar-refractivity contribution >= 4 is 17.9 Å². The topological polar surface area (TPSA) is 78.9 Å². The maximum atomic E-state index is 12.8. The van der Waals surface area contributed by atoms with Crippen LogP contribution in [0, 0.1) is 11.8 Å². The van der Waals surface area contributed by atoms with Crippen molar-refractivity contribution in [3.8, 4) is 0 Å². The van der Waals surface area contributed by atoms with Gasteiger partial charge in [-0.1, -0.05) is 285 Å². The number of rotatable bonds is 52.